The van der Waals surface area contributed by atoms with Crippen molar-refractivity contribution in [1.29, 1.82) is 0 Å². The van der Waals surface area contributed by atoms with Gasteiger partial charge in [-0.1, -0.05) is 0 Å². The van der Waals surface area contributed by atoms with Crippen LogP contribution in [-0.4, -0.2) is 49.9 Å². The number of nitrogens with zero attached hydrogens (tertiary/aromatic N) is 2. The van der Waals surface area contributed by atoms with Crippen LogP contribution in [0.4, 0.5) is 0 Å². The molecular formula is C3H9As2N3. The predicted octanol–water partition coefficient (Wildman–Crippen LogP) is -2.37. The molecule has 8 heavy (non-hydrogen) atoms. The quantitative estimate of drug-likeness (QED) is 0.475. The van der Waals surface area contributed by atoms with Gasteiger partial charge in [-0.05, 0) is 0 Å². The third-order valence-corrected chi connectivity index (χ3v) is 2.60. The van der Waals surface area contributed by atoms with Crippen LogP contribution >= 0.6 is 0 Å². The van der Waals surface area contributed by atoms with Gasteiger partial charge in [0, 0.05) is 0 Å². The van der Waals surface area contributed by atoms with Gasteiger partial charge >= 0.3 is 66.1 Å². The third-order valence-electron chi connectivity index (χ3n) is 0.924. The Bertz CT molecular complexity index is 124. The van der Waals surface area contributed by atoms with E-state index in [4.69, 9.17) is 0 Å². The van der Waals surface area contributed by atoms with Crippen molar-refractivity contribution in [3.8, 4) is 0 Å². The summed E-state index contributed by atoms with van der Waals surface area (Å²) >= 11 is 3.19. The van der Waals surface area contributed by atoms with Crippen LogP contribution in [0.15, 0.2) is 10.7 Å². The molecule has 5 heteroatoms. The standard InChI is InChI=1S/C3H9As2N3/c1-7-3(4)2-8(5)6-7/h2,6H,4-5H2,1H3. The first-order valence-corrected chi connectivity index (χ1v) is 4.51. The second-order valence-electron chi connectivity index (χ2n) is 1.62. The zero-order valence-electron chi connectivity index (χ0n) is 4.63. The van der Waals surface area contributed by atoms with E-state index in [2.05, 4.69) is 11.7 Å². The Hall–Kier alpha value is 0.417. The Labute approximate surface area is 66.3 Å². The Morgan fingerprint density at radius 2 is 2.38 bits per heavy atom. The summed E-state index contributed by atoms with van der Waals surface area (Å²) in [7, 11) is 2.01. The van der Waals surface area contributed by atoms with Crippen molar-refractivity contribution < 1.29 is 0 Å². The van der Waals surface area contributed by atoms with Crippen LogP contribution in [0.3, 0.4) is 0 Å². The molecule has 0 aromatic heterocycles. The summed E-state index contributed by atoms with van der Waals surface area (Å²) in [5.41, 5.74) is 3.08. The molecular weight excluding hydrogens is 228 g/mol. The van der Waals surface area contributed by atoms with E-state index < -0.39 is 0 Å². The van der Waals surface area contributed by atoms with Crippen molar-refractivity contribution in [2.45, 2.75) is 0 Å². The van der Waals surface area contributed by atoms with Crippen molar-refractivity contribution in [1.82, 2.24) is 14.5 Å². The van der Waals surface area contributed by atoms with E-state index >= 15 is 0 Å². The van der Waals surface area contributed by atoms with E-state index in [-0.39, 0.29) is 0 Å². The summed E-state index contributed by atoms with van der Waals surface area (Å²) in [6, 6.07) is 0. The summed E-state index contributed by atoms with van der Waals surface area (Å²) in [6.45, 7) is 0. The second-order valence-corrected chi connectivity index (χ2v) is 4.03. The first-order valence-electron chi connectivity index (χ1n) is 2.21. The maximum atomic E-state index is 3.08. The van der Waals surface area contributed by atoms with Gasteiger partial charge in [-0.15, -0.1) is 0 Å². The number of rotatable bonds is 0. The molecule has 0 saturated heterocycles. The van der Waals surface area contributed by atoms with E-state index in [0.717, 1.165) is 0 Å². The Morgan fingerprint density at radius 1 is 1.75 bits per heavy atom. The fourth-order valence-corrected chi connectivity index (χ4v) is 2.39. The molecule has 1 aliphatic heterocycles. The molecule has 46 valence electrons. The van der Waals surface area contributed by atoms with E-state index in [1.54, 1.807) is 33.9 Å². The zero-order valence-corrected chi connectivity index (χ0v) is 9.47. The molecule has 0 amide bonds. The fourth-order valence-electron chi connectivity index (χ4n) is 0.489. The zero-order chi connectivity index (χ0) is 6.15. The van der Waals surface area contributed by atoms with Crippen LogP contribution in [0.5, 0.6) is 0 Å². The average Bonchev–Trinajstić information content (AvgIpc) is 1.85. The van der Waals surface area contributed by atoms with E-state index in [0.29, 0.717) is 0 Å². The summed E-state index contributed by atoms with van der Waals surface area (Å²) in [4.78, 5) is 0. The van der Waals surface area contributed by atoms with E-state index in [1.807, 2.05) is 16.0 Å². The number of hydrogen-bond donors (Lipinski definition) is 1. The molecule has 0 fully saturated rings. The summed E-state index contributed by atoms with van der Waals surface area (Å²) in [5.74, 6) is 0. The minimum absolute atomic E-state index is 1.31. The van der Waals surface area contributed by atoms with Gasteiger partial charge in [-0.3, -0.25) is 0 Å². The number of hydrogen-bond acceptors (Lipinski definition) is 3. The van der Waals surface area contributed by atoms with Crippen molar-refractivity contribution in [2.24, 2.45) is 0 Å². The molecule has 0 aromatic carbocycles. The van der Waals surface area contributed by atoms with Crippen LogP contribution in [0, 0.1) is 0 Å². The van der Waals surface area contributed by atoms with Crippen LogP contribution < -0.4 is 5.53 Å². The van der Waals surface area contributed by atoms with Crippen LogP contribution in [-0.2, 0) is 0 Å². The third kappa shape index (κ3) is 1.22. The normalized spacial score (nSPS) is 19.6. The van der Waals surface area contributed by atoms with Crippen LogP contribution in [0.1, 0.15) is 0 Å². The molecule has 2 unspecified atom stereocenters. The number of nitrogens with one attached hydrogen (secondary N) is 1. The predicted molar refractivity (Wildman–Crippen MR) is 37.9 cm³/mol. The molecule has 0 saturated carbocycles. The summed E-state index contributed by atoms with van der Waals surface area (Å²) < 4.78 is 3.30. The van der Waals surface area contributed by atoms with E-state index in [9.17, 15) is 0 Å². The molecule has 1 N–H and O–H groups in total. The summed E-state index contributed by atoms with van der Waals surface area (Å²) in [6.07, 6.45) is 2.08. The van der Waals surface area contributed by atoms with Gasteiger partial charge in [0.05, 0.1) is 0 Å². The van der Waals surface area contributed by atoms with Gasteiger partial charge in [-0.2, -0.15) is 0 Å². The first-order chi connectivity index (χ1) is 3.70. The SMILES string of the molecule is CN1NN([AsH2])C=C1[AsH2]. The van der Waals surface area contributed by atoms with Gasteiger partial charge in [0.2, 0.25) is 0 Å². The van der Waals surface area contributed by atoms with E-state index in [1.165, 1.54) is 4.48 Å². The molecule has 1 heterocycles. The van der Waals surface area contributed by atoms with Gasteiger partial charge < -0.3 is 0 Å². The molecule has 1 rings (SSSR count). The Balaban J connectivity index is 2.59. The fraction of sp³-hybridized carbons (Fsp3) is 0.333. The molecule has 1 aliphatic rings. The van der Waals surface area contributed by atoms with Gasteiger partial charge in [0.15, 0.2) is 0 Å². The van der Waals surface area contributed by atoms with Gasteiger partial charge in [-0.25, -0.2) is 0 Å². The van der Waals surface area contributed by atoms with Crippen LogP contribution in [0.25, 0.3) is 0 Å². The summed E-state index contributed by atoms with van der Waals surface area (Å²) in [5, 5.41) is 2.00. The molecule has 2 atom stereocenters. The monoisotopic (exact) mass is 237 g/mol. The molecule has 0 spiro atoms. The molecule has 0 radical (unpaired) electrons. The van der Waals surface area contributed by atoms with Gasteiger partial charge in [0.1, 0.15) is 0 Å². The van der Waals surface area contributed by atoms with Crippen molar-refractivity contribution in [3.63, 3.8) is 0 Å². The molecule has 0 bridgehead atoms. The molecule has 0 aliphatic carbocycles. The Kier molecular flexibility index (Phi) is 1.91. The minimum atomic E-state index is 1.31. The maximum absolute atomic E-state index is 3.08. The number of hydrazine groups is 2. The first kappa shape index (κ1) is 6.54. The molecule has 0 aromatic rings. The van der Waals surface area contributed by atoms with Gasteiger partial charge in [0.25, 0.3) is 0 Å². The second kappa shape index (κ2) is 2.34. The average molecular weight is 237 g/mol. The van der Waals surface area contributed by atoms with Crippen LogP contribution in [0.2, 0.25) is 0 Å². The Morgan fingerprint density at radius 3 is 2.50 bits per heavy atom. The van der Waals surface area contributed by atoms with Crippen molar-refractivity contribution in [3.05, 3.63) is 10.7 Å². The molecule has 3 nitrogen and oxygen atoms in total. The topological polar surface area (TPSA) is 18.5 Å². The van der Waals surface area contributed by atoms with Crippen molar-refractivity contribution in [2.75, 3.05) is 7.05 Å². The van der Waals surface area contributed by atoms with Crippen molar-refractivity contribution >= 4 is 33.9 Å².